The molecule has 2 atom stereocenters. The third-order valence-corrected chi connectivity index (χ3v) is 9.02. The molecule has 47 heavy (non-hydrogen) atoms. The summed E-state index contributed by atoms with van der Waals surface area (Å²) < 4.78 is 74.8. The zero-order valence-corrected chi connectivity index (χ0v) is 27.5. The second-order valence-electron chi connectivity index (χ2n) is 13.7. The fourth-order valence-electron chi connectivity index (χ4n) is 6.68. The number of amides is 4. The van der Waals surface area contributed by atoms with Crippen molar-refractivity contribution in [3.63, 3.8) is 0 Å². The number of nitrogens with one attached hydrogen (secondary N) is 1. The molecular weight excluding hydrogens is 635 g/mol. The van der Waals surface area contributed by atoms with Gasteiger partial charge in [-0.15, -0.1) is 0 Å². The van der Waals surface area contributed by atoms with Crippen LogP contribution in [-0.4, -0.2) is 99.7 Å². The van der Waals surface area contributed by atoms with Gasteiger partial charge in [0.1, 0.15) is 5.75 Å². The minimum atomic E-state index is -5.06. The Morgan fingerprint density at radius 2 is 1.77 bits per heavy atom. The molecule has 4 amide bonds. The van der Waals surface area contributed by atoms with Crippen LogP contribution >= 0.6 is 0 Å². The van der Waals surface area contributed by atoms with E-state index < -0.39 is 89.3 Å². The van der Waals surface area contributed by atoms with E-state index in [1.54, 1.807) is 13.8 Å². The Kier molecular flexibility index (Phi) is 10.8. The van der Waals surface area contributed by atoms with Crippen LogP contribution < -0.4 is 15.0 Å². The molecule has 1 aromatic carbocycles. The highest BCUT2D eigenvalue weighted by molar-refractivity contribution is 6.05. The third-order valence-electron chi connectivity index (χ3n) is 9.02. The summed E-state index contributed by atoms with van der Waals surface area (Å²) in [5.74, 6) is -3.80. The number of aliphatic hydroxyl groups excluding tert-OH is 1. The van der Waals surface area contributed by atoms with Gasteiger partial charge in [-0.25, -0.2) is 4.79 Å². The minimum absolute atomic E-state index is 0.117. The summed E-state index contributed by atoms with van der Waals surface area (Å²) in [4.78, 5) is 54.9. The van der Waals surface area contributed by atoms with Crippen molar-refractivity contribution in [3.05, 3.63) is 23.3 Å². The monoisotopic (exact) mass is 678 g/mol. The zero-order valence-electron chi connectivity index (χ0n) is 27.5. The number of likely N-dealkylation sites (tertiary alicyclic amines) is 1. The second kappa shape index (κ2) is 13.4. The first kappa shape index (κ1) is 37.8. The highest BCUT2D eigenvalue weighted by Gasteiger charge is 2.53. The van der Waals surface area contributed by atoms with Crippen molar-refractivity contribution >= 4 is 29.5 Å². The number of halogens is 5. The van der Waals surface area contributed by atoms with Gasteiger partial charge in [-0.3, -0.25) is 14.4 Å². The Balaban J connectivity index is 2.13. The molecule has 0 unspecified atom stereocenters. The molecule has 0 aliphatic carbocycles. The highest BCUT2D eigenvalue weighted by Crippen LogP contribution is 2.47. The van der Waals surface area contributed by atoms with Crippen LogP contribution in [0.3, 0.4) is 0 Å². The maximum Gasteiger partial charge on any atom is 0.417 e. The van der Waals surface area contributed by atoms with E-state index in [9.17, 15) is 51.3 Å². The van der Waals surface area contributed by atoms with Crippen LogP contribution in [0.25, 0.3) is 0 Å². The summed E-state index contributed by atoms with van der Waals surface area (Å²) in [7, 11) is 0. The third kappa shape index (κ3) is 7.41. The molecule has 264 valence electrons. The number of alkyl halides is 5. The Hall–Kier alpha value is -3.69. The predicted octanol–water partition coefficient (Wildman–Crippen LogP) is 4.75. The molecule has 1 aromatic rings. The van der Waals surface area contributed by atoms with Crippen LogP contribution in [-0.2, 0) is 15.8 Å². The average molecular weight is 679 g/mol. The van der Waals surface area contributed by atoms with Crippen LogP contribution in [0.1, 0.15) is 83.7 Å². The van der Waals surface area contributed by atoms with Crippen molar-refractivity contribution in [2.45, 2.75) is 104 Å². The molecule has 0 spiro atoms. The van der Waals surface area contributed by atoms with Crippen molar-refractivity contribution < 1.29 is 56.1 Å². The fourth-order valence-corrected chi connectivity index (χ4v) is 6.68. The van der Waals surface area contributed by atoms with Gasteiger partial charge in [-0.2, -0.15) is 22.0 Å². The molecule has 16 heteroatoms. The van der Waals surface area contributed by atoms with Gasteiger partial charge in [0.2, 0.25) is 0 Å². The molecule has 1 saturated heterocycles. The lowest BCUT2D eigenvalue weighted by atomic mass is 9.65. The van der Waals surface area contributed by atoms with Crippen LogP contribution in [0.5, 0.6) is 5.75 Å². The molecule has 2 heterocycles. The van der Waals surface area contributed by atoms with Crippen LogP contribution in [0.15, 0.2) is 12.1 Å². The number of benzene rings is 1. The van der Waals surface area contributed by atoms with Crippen molar-refractivity contribution in [1.29, 1.82) is 0 Å². The topological polar surface area (TPSA) is 140 Å². The zero-order chi connectivity index (χ0) is 35.9. The molecule has 0 radical (unpaired) electrons. The maximum atomic E-state index is 14.6. The molecule has 2 aliphatic heterocycles. The first-order chi connectivity index (χ1) is 21.5. The van der Waals surface area contributed by atoms with Crippen molar-refractivity contribution in [2.24, 2.45) is 5.41 Å². The Morgan fingerprint density at radius 1 is 1.15 bits per heavy atom. The standard InChI is InChI=1S/C31H43F5N4O7/c1-17(2)40(18-8-9-30(10-13-41,28(3,4)5)39(16-18)27(45)46)25(43)19-14-21-22(15-20(19)31(34,35)36)47-29(6,7)26(44)38(21)12-11-37-24(42)23(32)33/h14-15,17-18,23,41H,8-13,16H2,1-7H3,(H,37,42)(H,45,46)/t18-,30-/m1/s1. The number of aliphatic hydroxyl groups is 1. The smallest absolute Gasteiger partial charge is 0.417 e. The van der Waals surface area contributed by atoms with Crippen molar-refractivity contribution in [3.8, 4) is 5.75 Å². The van der Waals surface area contributed by atoms with E-state index in [0.717, 1.165) is 11.0 Å². The number of carboxylic acid groups (broad SMARTS) is 1. The number of hydrogen-bond acceptors (Lipinski definition) is 6. The fraction of sp³-hybridized carbons (Fsp3) is 0.677. The SMILES string of the molecule is CC(C)N(C(=O)c1cc2c(cc1C(F)(F)F)OC(C)(C)C(=O)N2CCNC(=O)C(F)F)[C@@H]1CC[C@@](CCO)(C(C)(C)C)N(C(=O)O)C1. The normalized spacial score (nSPS) is 21.4. The number of piperidine rings is 1. The van der Waals surface area contributed by atoms with E-state index in [0.29, 0.717) is 6.07 Å². The van der Waals surface area contributed by atoms with Crippen molar-refractivity contribution in [2.75, 3.05) is 31.1 Å². The van der Waals surface area contributed by atoms with Gasteiger partial charge < -0.3 is 35.0 Å². The first-order valence-corrected chi connectivity index (χ1v) is 15.3. The second-order valence-corrected chi connectivity index (χ2v) is 13.7. The lowest BCUT2D eigenvalue weighted by Gasteiger charge is -2.56. The van der Waals surface area contributed by atoms with Crippen LogP contribution in [0, 0.1) is 5.41 Å². The van der Waals surface area contributed by atoms with Gasteiger partial charge in [0.05, 0.1) is 28.4 Å². The Bertz CT molecular complexity index is 1380. The summed E-state index contributed by atoms with van der Waals surface area (Å²) in [5, 5.41) is 22.0. The van der Waals surface area contributed by atoms with Gasteiger partial charge in [0.15, 0.2) is 5.60 Å². The van der Waals surface area contributed by atoms with E-state index in [4.69, 9.17) is 4.74 Å². The summed E-state index contributed by atoms with van der Waals surface area (Å²) in [5.41, 5.74) is -5.72. The van der Waals surface area contributed by atoms with Crippen LogP contribution in [0.2, 0.25) is 0 Å². The summed E-state index contributed by atoms with van der Waals surface area (Å²) in [6.07, 6.45) is -9.12. The molecule has 3 N–H and O–H groups in total. The summed E-state index contributed by atoms with van der Waals surface area (Å²) >= 11 is 0. The van der Waals surface area contributed by atoms with E-state index in [1.165, 1.54) is 23.6 Å². The van der Waals surface area contributed by atoms with E-state index in [-0.39, 0.29) is 43.9 Å². The molecule has 3 rings (SSSR count). The molecular formula is C31H43F5N4O7. The maximum absolute atomic E-state index is 14.6. The van der Waals surface area contributed by atoms with Crippen molar-refractivity contribution in [1.82, 2.24) is 15.1 Å². The average Bonchev–Trinajstić information content (AvgIpc) is 2.93. The Labute approximate surface area is 270 Å². The largest absolute Gasteiger partial charge is 0.476 e. The molecule has 2 aliphatic rings. The highest BCUT2D eigenvalue weighted by atomic mass is 19.4. The molecule has 0 saturated carbocycles. The number of hydrogen-bond donors (Lipinski definition) is 3. The Morgan fingerprint density at radius 3 is 2.26 bits per heavy atom. The molecule has 11 nitrogen and oxygen atoms in total. The number of nitrogens with zero attached hydrogens (tertiary/aromatic N) is 3. The minimum Gasteiger partial charge on any atom is -0.476 e. The van der Waals surface area contributed by atoms with Gasteiger partial charge in [-0.05, 0) is 64.5 Å². The first-order valence-electron chi connectivity index (χ1n) is 15.3. The summed E-state index contributed by atoms with van der Waals surface area (Å²) in [6.45, 7) is 9.87. The lowest BCUT2D eigenvalue weighted by molar-refractivity contribution is -0.138. The number of carbonyl (C=O) groups excluding carboxylic acids is 3. The number of rotatable bonds is 9. The van der Waals surface area contributed by atoms with Gasteiger partial charge >= 0.3 is 18.7 Å². The molecule has 0 bridgehead atoms. The predicted molar refractivity (Wildman–Crippen MR) is 160 cm³/mol. The van der Waals surface area contributed by atoms with E-state index in [2.05, 4.69) is 0 Å². The summed E-state index contributed by atoms with van der Waals surface area (Å²) in [6, 6.07) is -0.0721. The lowest BCUT2D eigenvalue weighted by Crippen LogP contribution is -2.66. The molecule has 1 fully saturated rings. The number of anilines is 1. The number of ether oxygens (including phenoxy) is 1. The van der Waals surface area contributed by atoms with Gasteiger partial charge in [0, 0.05) is 32.3 Å². The molecule has 0 aromatic heterocycles. The van der Waals surface area contributed by atoms with Crippen LogP contribution in [0.4, 0.5) is 32.4 Å². The number of carbonyl (C=O) groups is 4. The van der Waals surface area contributed by atoms with Gasteiger partial charge in [-0.1, -0.05) is 20.8 Å². The van der Waals surface area contributed by atoms with Gasteiger partial charge in [0.25, 0.3) is 17.7 Å². The van der Waals surface area contributed by atoms with E-state index in [1.807, 2.05) is 26.1 Å². The number of fused-ring (bicyclic) bond motifs is 1. The quantitative estimate of drug-likeness (QED) is 0.321. The van der Waals surface area contributed by atoms with E-state index >= 15 is 0 Å².